The van der Waals surface area contributed by atoms with Crippen LogP contribution in [0.3, 0.4) is 0 Å². The normalized spacial score (nSPS) is 11.8. The Bertz CT molecular complexity index is 173. The average Bonchev–Trinajstić information content (AvgIpc) is 1.82. The lowest BCUT2D eigenvalue weighted by Crippen LogP contribution is -2.38. The van der Waals surface area contributed by atoms with Gasteiger partial charge >= 0.3 is 6.09 Å². The molecule has 0 atom stereocenters. The number of hydrogen-bond donors (Lipinski definition) is 1. The van der Waals surface area contributed by atoms with E-state index in [4.69, 9.17) is 9.99 Å². The second kappa shape index (κ2) is 4.43. The van der Waals surface area contributed by atoms with Crippen molar-refractivity contribution in [2.75, 3.05) is 0 Å². The molecule has 5 nitrogen and oxygen atoms in total. The third kappa shape index (κ3) is 5.43. The quantitative estimate of drug-likeness (QED) is 0.547. The number of rotatable bonds is 3. The molecule has 0 spiro atoms. The summed E-state index contributed by atoms with van der Waals surface area (Å²) in [7, 11) is 0. The highest BCUT2D eigenvalue weighted by molar-refractivity contribution is 5.63. The first-order valence-corrected chi connectivity index (χ1v) is 4.12. The molecule has 0 heterocycles. The Labute approximate surface area is 78.1 Å². The molecule has 0 saturated carbocycles. The first-order valence-electron chi connectivity index (χ1n) is 4.12. The van der Waals surface area contributed by atoms with E-state index in [9.17, 15) is 4.79 Å². The van der Waals surface area contributed by atoms with Gasteiger partial charge in [0.1, 0.15) is 0 Å². The van der Waals surface area contributed by atoms with E-state index < -0.39 is 11.7 Å². The van der Waals surface area contributed by atoms with Gasteiger partial charge in [-0.05, 0) is 34.6 Å². The van der Waals surface area contributed by atoms with Gasteiger partial charge in [0, 0.05) is 0 Å². The number of carbonyl (C=O) groups is 1. The van der Waals surface area contributed by atoms with Gasteiger partial charge in [-0.15, -0.1) is 4.99 Å². The summed E-state index contributed by atoms with van der Waals surface area (Å²) in [4.78, 5) is 20.1. The summed E-state index contributed by atoms with van der Waals surface area (Å²) in [5.41, 5.74) is -0.525. The third-order valence-corrected chi connectivity index (χ3v) is 1.03. The fourth-order valence-corrected chi connectivity index (χ4v) is 0.491. The topological polar surface area (TPSA) is 59.0 Å². The highest BCUT2D eigenvalue weighted by Crippen LogP contribution is 2.10. The molecule has 5 heteroatoms. The zero-order valence-electron chi connectivity index (χ0n) is 8.70. The van der Waals surface area contributed by atoms with Crippen LogP contribution in [0.2, 0.25) is 0 Å². The van der Waals surface area contributed by atoms with Gasteiger partial charge in [-0.3, -0.25) is 0 Å². The van der Waals surface area contributed by atoms with Crippen LogP contribution in [0.25, 0.3) is 0 Å². The Hall–Kier alpha value is -0.810. The smallest absolute Gasteiger partial charge is 0.434 e. The maximum absolute atomic E-state index is 10.6. The summed E-state index contributed by atoms with van der Waals surface area (Å²) in [6, 6.07) is -0.278. The van der Waals surface area contributed by atoms with Gasteiger partial charge in [-0.2, -0.15) is 5.06 Å². The van der Waals surface area contributed by atoms with Crippen LogP contribution in [0.5, 0.6) is 0 Å². The van der Waals surface area contributed by atoms with Gasteiger partial charge in [0.25, 0.3) is 0 Å². The van der Waals surface area contributed by atoms with Crippen molar-refractivity contribution in [2.24, 2.45) is 0 Å². The monoisotopic (exact) mass is 191 g/mol. The zero-order valence-corrected chi connectivity index (χ0v) is 8.70. The average molecular weight is 191 g/mol. The summed E-state index contributed by atoms with van der Waals surface area (Å²) in [6.45, 7) is 8.70. The first-order chi connectivity index (χ1) is 5.74. The van der Waals surface area contributed by atoms with E-state index in [1.165, 1.54) is 0 Å². The van der Waals surface area contributed by atoms with Gasteiger partial charge in [-0.25, -0.2) is 9.68 Å². The van der Waals surface area contributed by atoms with Gasteiger partial charge in [0.15, 0.2) is 0 Å². The van der Waals surface area contributed by atoms with Crippen LogP contribution in [0.4, 0.5) is 4.79 Å². The third-order valence-electron chi connectivity index (χ3n) is 1.03. The Morgan fingerprint density at radius 2 is 1.85 bits per heavy atom. The number of hydroxylamine groups is 2. The molecule has 0 radical (unpaired) electrons. The number of carboxylic acid groups (broad SMARTS) is 1. The lowest BCUT2D eigenvalue weighted by molar-refractivity contribution is -0.451. The van der Waals surface area contributed by atoms with Gasteiger partial charge in [0.2, 0.25) is 0 Å². The fraction of sp³-hybridized carbons (Fsp3) is 0.875. The predicted molar refractivity (Wildman–Crippen MR) is 46.9 cm³/mol. The Balaban J connectivity index is 4.06. The molecule has 0 aromatic carbocycles. The van der Waals surface area contributed by atoms with E-state index in [0.717, 1.165) is 5.06 Å². The molecule has 0 unspecified atom stereocenters. The van der Waals surface area contributed by atoms with E-state index in [1.807, 2.05) is 0 Å². The lowest BCUT2D eigenvalue weighted by atomic mass is 10.2. The summed E-state index contributed by atoms with van der Waals surface area (Å²) in [5.74, 6) is 0. The van der Waals surface area contributed by atoms with Gasteiger partial charge < -0.3 is 5.11 Å². The van der Waals surface area contributed by atoms with E-state index in [2.05, 4.69) is 4.99 Å². The van der Waals surface area contributed by atoms with E-state index in [0.29, 0.717) is 0 Å². The molecule has 1 amide bonds. The molecule has 0 aromatic heterocycles. The van der Waals surface area contributed by atoms with Crippen molar-refractivity contribution >= 4 is 6.09 Å². The second-order valence-electron chi connectivity index (χ2n) is 3.97. The van der Waals surface area contributed by atoms with Crippen molar-refractivity contribution in [3.63, 3.8) is 0 Å². The molecular formula is C8H17NO4. The van der Waals surface area contributed by atoms with Crippen molar-refractivity contribution < 1.29 is 19.8 Å². The highest BCUT2D eigenvalue weighted by atomic mass is 17.3. The maximum atomic E-state index is 10.6. The molecule has 0 bridgehead atoms. The van der Waals surface area contributed by atoms with Gasteiger partial charge in [0.05, 0.1) is 11.6 Å². The summed E-state index contributed by atoms with van der Waals surface area (Å²) >= 11 is 0. The Morgan fingerprint density at radius 1 is 1.38 bits per heavy atom. The van der Waals surface area contributed by atoms with E-state index >= 15 is 0 Å². The van der Waals surface area contributed by atoms with Crippen LogP contribution in [0.1, 0.15) is 34.6 Å². The zero-order chi connectivity index (χ0) is 10.6. The van der Waals surface area contributed by atoms with Gasteiger partial charge in [-0.1, -0.05) is 0 Å². The molecule has 0 rings (SSSR count). The van der Waals surface area contributed by atoms with Crippen LogP contribution in [-0.2, 0) is 9.88 Å². The first kappa shape index (κ1) is 12.2. The highest BCUT2D eigenvalue weighted by Gasteiger charge is 2.21. The second-order valence-corrected chi connectivity index (χ2v) is 3.97. The van der Waals surface area contributed by atoms with Crippen molar-refractivity contribution in [3.05, 3.63) is 0 Å². The molecule has 0 aliphatic heterocycles. The largest absolute Gasteiger partial charge is 0.463 e. The number of amides is 1. The standard InChI is InChI=1S/C8H17NO4/c1-6(2)9(7(10)11)13-12-8(3,4)5/h6H,1-5H3,(H,10,11). The minimum atomic E-state index is -1.17. The van der Waals surface area contributed by atoms with Crippen molar-refractivity contribution in [2.45, 2.75) is 46.3 Å². The van der Waals surface area contributed by atoms with Crippen LogP contribution in [-0.4, -0.2) is 27.9 Å². The van der Waals surface area contributed by atoms with Crippen molar-refractivity contribution in [1.82, 2.24) is 5.06 Å². The van der Waals surface area contributed by atoms with Crippen LogP contribution < -0.4 is 0 Å². The van der Waals surface area contributed by atoms with Crippen LogP contribution in [0, 0.1) is 0 Å². The van der Waals surface area contributed by atoms with Crippen LogP contribution >= 0.6 is 0 Å². The van der Waals surface area contributed by atoms with Crippen molar-refractivity contribution in [3.8, 4) is 0 Å². The SMILES string of the molecule is CC(C)N(OOC(C)(C)C)C(=O)O. The minimum Gasteiger partial charge on any atom is -0.463 e. The predicted octanol–water partition coefficient (Wildman–Crippen LogP) is 2.04. The summed E-state index contributed by atoms with van der Waals surface area (Å²) in [6.07, 6.45) is -1.17. The molecule has 0 saturated heterocycles. The van der Waals surface area contributed by atoms with Crippen molar-refractivity contribution in [1.29, 1.82) is 0 Å². The molecule has 0 aliphatic rings. The minimum absolute atomic E-state index is 0.278. The molecule has 0 aliphatic carbocycles. The van der Waals surface area contributed by atoms with Crippen LogP contribution in [0.15, 0.2) is 0 Å². The molecular weight excluding hydrogens is 174 g/mol. The Morgan fingerprint density at radius 3 is 2.08 bits per heavy atom. The molecule has 1 N–H and O–H groups in total. The van der Waals surface area contributed by atoms with E-state index in [-0.39, 0.29) is 6.04 Å². The maximum Gasteiger partial charge on any atom is 0.434 e. The lowest BCUT2D eigenvalue weighted by Gasteiger charge is -2.25. The number of nitrogens with zero attached hydrogens (tertiary/aromatic N) is 1. The summed E-state index contributed by atoms with van der Waals surface area (Å²) < 4.78 is 0. The van der Waals surface area contributed by atoms with E-state index in [1.54, 1.807) is 34.6 Å². The molecule has 78 valence electrons. The molecule has 0 aromatic rings. The molecule has 13 heavy (non-hydrogen) atoms. The summed E-state index contributed by atoms with van der Waals surface area (Å²) in [5, 5.41) is 9.42. The number of hydrogen-bond acceptors (Lipinski definition) is 3. The molecule has 0 fully saturated rings. The fourth-order valence-electron chi connectivity index (χ4n) is 0.491. The Kier molecular flexibility index (Phi) is 4.16.